The van der Waals surface area contributed by atoms with Crippen LogP contribution in [0.25, 0.3) is 0 Å². The Kier molecular flexibility index (Phi) is 2.99. The van der Waals surface area contributed by atoms with E-state index in [-0.39, 0.29) is 0 Å². The normalized spacial score (nSPS) is 18.1. The summed E-state index contributed by atoms with van der Waals surface area (Å²) in [6.45, 7) is 3.77. The number of ether oxygens (including phenoxy) is 1. The first-order valence-corrected chi connectivity index (χ1v) is 5.12. The SMILES string of the molecule is Cc1ncccc1NC1CCOCC1. The number of rotatable bonds is 2. The minimum absolute atomic E-state index is 0.548. The molecule has 2 rings (SSSR count). The van der Waals surface area contributed by atoms with Crippen LogP contribution in [0.1, 0.15) is 18.5 Å². The first-order valence-electron chi connectivity index (χ1n) is 5.12. The predicted octanol–water partition coefficient (Wildman–Crippen LogP) is 1.98. The summed E-state index contributed by atoms with van der Waals surface area (Å²) in [5, 5.41) is 3.51. The van der Waals surface area contributed by atoms with Gasteiger partial charge in [-0.1, -0.05) is 0 Å². The summed E-state index contributed by atoms with van der Waals surface area (Å²) >= 11 is 0. The molecule has 0 spiro atoms. The van der Waals surface area contributed by atoms with E-state index in [4.69, 9.17) is 4.74 Å². The van der Waals surface area contributed by atoms with Crippen LogP contribution in [-0.2, 0) is 4.74 Å². The average molecular weight is 192 g/mol. The summed E-state index contributed by atoms with van der Waals surface area (Å²) in [7, 11) is 0. The predicted molar refractivity (Wildman–Crippen MR) is 56.4 cm³/mol. The lowest BCUT2D eigenvalue weighted by Crippen LogP contribution is -2.28. The van der Waals surface area contributed by atoms with Crippen molar-refractivity contribution >= 4 is 5.69 Å². The first-order chi connectivity index (χ1) is 6.86. The highest BCUT2D eigenvalue weighted by Crippen LogP contribution is 2.16. The number of nitrogens with zero attached hydrogens (tertiary/aromatic N) is 1. The molecule has 1 fully saturated rings. The van der Waals surface area contributed by atoms with Crippen molar-refractivity contribution in [2.24, 2.45) is 0 Å². The standard InChI is InChI=1S/C11H16N2O/c1-9-11(3-2-6-12-9)13-10-4-7-14-8-5-10/h2-3,6,10,13H,4-5,7-8H2,1H3. The average Bonchev–Trinajstić information content (AvgIpc) is 2.23. The van der Waals surface area contributed by atoms with Gasteiger partial charge in [-0.05, 0) is 31.9 Å². The van der Waals surface area contributed by atoms with E-state index >= 15 is 0 Å². The molecule has 0 saturated carbocycles. The van der Waals surface area contributed by atoms with Gasteiger partial charge in [-0.15, -0.1) is 0 Å². The van der Waals surface area contributed by atoms with Gasteiger partial charge in [0.1, 0.15) is 0 Å². The number of aryl methyl sites for hydroxylation is 1. The molecule has 0 atom stereocenters. The first kappa shape index (κ1) is 9.46. The molecule has 0 radical (unpaired) electrons. The Hall–Kier alpha value is -1.09. The summed E-state index contributed by atoms with van der Waals surface area (Å²) in [5.74, 6) is 0. The third-order valence-corrected chi connectivity index (χ3v) is 2.59. The Bertz CT molecular complexity index is 295. The molecule has 1 aromatic heterocycles. The van der Waals surface area contributed by atoms with E-state index in [0.29, 0.717) is 6.04 Å². The van der Waals surface area contributed by atoms with Crippen LogP contribution >= 0.6 is 0 Å². The van der Waals surface area contributed by atoms with E-state index in [1.807, 2.05) is 19.2 Å². The third-order valence-electron chi connectivity index (χ3n) is 2.59. The molecular formula is C11H16N2O. The van der Waals surface area contributed by atoms with Gasteiger partial charge in [-0.25, -0.2) is 0 Å². The van der Waals surface area contributed by atoms with Crippen molar-refractivity contribution in [3.8, 4) is 0 Å². The smallest absolute Gasteiger partial charge is 0.0603 e. The van der Waals surface area contributed by atoms with Crippen LogP contribution < -0.4 is 5.32 Å². The van der Waals surface area contributed by atoms with Crippen molar-refractivity contribution < 1.29 is 4.74 Å². The zero-order chi connectivity index (χ0) is 9.80. The van der Waals surface area contributed by atoms with Gasteiger partial charge >= 0.3 is 0 Å². The lowest BCUT2D eigenvalue weighted by molar-refractivity contribution is 0.0904. The molecule has 1 aliphatic heterocycles. The lowest BCUT2D eigenvalue weighted by Gasteiger charge is -2.24. The molecule has 0 amide bonds. The van der Waals surface area contributed by atoms with Crippen LogP contribution in [0.2, 0.25) is 0 Å². The second kappa shape index (κ2) is 4.42. The Morgan fingerprint density at radius 2 is 2.21 bits per heavy atom. The topological polar surface area (TPSA) is 34.2 Å². The van der Waals surface area contributed by atoms with E-state index in [0.717, 1.165) is 37.4 Å². The molecular weight excluding hydrogens is 176 g/mol. The summed E-state index contributed by atoms with van der Waals surface area (Å²) in [4.78, 5) is 4.25. The Balaban J connectivity index is 1.99. The van der Waals surface area contributed by atoms with Gasteiger partial charge in [0.15, 0.2) is 0 Å². The second-order valence-electron chi connectivity index (χ2n) is 3.67. The molecule has 0 bridgehead atoms. The van der Waals surface area contributed by atoms with Crippen molar-refractivity contribution in [3.63, 3.8) is 0 Å². The van der Waals surface area contributed by atoms with E-state index < -0.39 is 0 Å². The van der Waals surface area contributed by atoms with Crippen molar-refractivity contribution in [1.82, 2.24) is 4.98 Å². The van der Waals surface area contributed by atoms with E-state index in [9.17, 15) is 0 Å². The monoisotopic (exact) mass is 192 g/mol. The van der Waals surface area contributed by atoms with Gasteiger partial charge in [0.25, 0.3) is 0 Å². The maximum Gasteiger partial charge on any atom is 0.0603 e. The molecule has 0 unspecified atom stereocenters. The lowest BCUT2D eigenvalue weighted by atomic mass is 10.1. The number of hydrogen-bond acceptors (Lipinski definition) is 3. The molecule has 1 saturated heterocycles. The molecule has 2 heterocycles. The number of nitrogens with one attached hydrogen (secondary N) is 1. The fourth-order valence-corrected chi connectivity index (χ4v) is 1.70. The Labute approximate surface area is 84.5 Å². The van der Waals surface area contributed by atoms with Crippen molar-refractivity contribution in [1.29, 1.82) is 0 Å². The van der Waals surface area contributed by atoms with Crippen LogP contribution in [0.15, 0.2) is 18.3 Å². The van der Waals surface area contributed by atoms with Crippen molar-refractivity contribution in [3.05, 3.63) is 24.0 Å². The van der Waals surface area contributed by atoms with Gasteiger partial charge in [0.2, 0.25) is 0 Å². The molecule has 1 N–H and O–H groups in total. The molecule has 0 aliphatic carbocycles. The summed E-state index contributed by atoms with van der Waals surface area (Å²) in [5.41, 5.74) is 2.22. The highest BCUT2D eigenvalue weighted by molar-refractivity contribution is 5.47. The van der Waals surface area contributed by atoms with Crippen LogP contribution in [0.3, 0.4) is 0 Å². The number of anilines is 1. The number of pyridine rings is 1. The van der Waals surface area contributed by atoms with Gasteiger partial charge in [0.05, 0.1) is 11.4 Å². The van der Waals surface area contributed by atoms with E-state index in [1.165, 1.54) is 0 Å². The Morgan fingerprint density at radius 3 is 2.93 bits per heavy atom. The fraction of sp³-hybridized carbons (Fsp3) is 0.545. The van der Waals surface area contributed by atoms with Crippen LogP contribution in [-0.4, -0.2) is 24.2 Å². The van der Waals surface area contributed by atoms with Crippen LogP contribution in [0.4, 0.5) is 5.69 Å². The van der Waals surface area contributed by atoms with Crippen LogP contribution in [0, 0.1) is 6.92 Å². The maximum atomic E-state index is 5.31. The van der Waals surface area contributed by atoms with E-state index in [1.54, 1.807) is 0 Å². The van der Waals surface area contributed by atoms with Gasteiger partial charge in [-0.3, -0.25) is 4.98 Å². The molecule has 14 heavy (non-hydrogen) atoms. The zero-order valence-corrected chi connectivity index (χ0v) is 8.49. The van der Waals surface area contributed by atoms with Gasteiger partial charge < -0.3 is 10.1 Å². The number of hydrogen-bond donors (Lipinski definition) is 1. The quantitative estimate of drug-likeness (QED) is 0.778. The number of aromatic nitrogens is 1. The molecule has 3 nitrogen and oxygen atoms in total. The molecule has 76 valence electrons. The van der Waals surface area contributed by atoms with E-state index in [2.05, 4.69) is 16.4 Å². The van der Waals surface area contributed by atoms with Crippen molar-refractivity contribution in [2.45, 2.75) is 25.8 Å². The third kappa shape index (κ3) is 2.23. The highest BCUT2D eigenvalue weighted by Gasteiger charge is 2.13. The van der Waals surface area contributed by atoms with Crippen LogP contribution in [0.5, 0.6) is 0 Å². The maximum absolute atomic E-state index is 5.31. The molecule has 3 heteroatoms. The minimum Gasteiger partial charge on any atom is -0.381 e. The molecule has 1 aliphatic rings. The highest BCUT2D eigenvalue weighted by atomic mass is 16.5. The summed E-state index contributed by atoms with van der Waals surface area (Å²) in [6, 6.07) is 4.60. The fourth-order valence-electron chi connectivity index (χ4n) is 1.70. The summed E-state index contributed by atoms with van der Waals surface area (Å²) < 4.78 is 5.31. The Morgan fingerprint density at radius 1 is 1.43 bits per heavy atom. The van der Waals surface area contributed by atoms with Crippen molar-refractivity contribution in [2.75, 3.05) is 18.5 Å². The van der Waals surface area contributed by atoms with Gasteiger partial charge in [-0.2, -0.15) is 0 Å². The zero-order valence-electron chi connectivity index (χ0n) is 8.49. The second-order valence-corrected chi connectivity index (χ2v) is 3.67. The largest absolute Gasteiger partial charge is 0.381 e. The molecule has 0 aromatic carbocycles. The molecule has 1 aromatic rings. The summed E-state index contributed by atoms with van der Waals surface area (Å²) in [6.07, 6.45) is 4.01. The minimum atomic E-state index is 0.548. The van der Waals surface area contributed by atoms with Gasteiger partial charge in [0, 0.05) is 25.5 Å².